The molecule has 0 atom stereocenters. The lowest BCUT2D eigenvalue weighted by molar-refractivity contribution is -0.115. The van der Waals surface area contributed by atoms with E-state index in [1.807, 2.05) is 30.5 Å². The van der Waals surface area contributed by atoms with Crippen molar-refractivity contribution >= 4 is 34.1 Å². The smallest absolute Gasteiger partial charge is 0.228 e. The topological polar surface area (TPSA) is 57.8 Å². The molecule has 3 rings (SSSR count). The van der Waals surface area contributed by atoms with Gasteiger partial charge >= 0.3 is 0 Å². The summed E-state index contributed by atoms with van der Waals surface area (Å²) in [6.07, 6.45) is 5.25. The Hall–Kier alpha value is -2.33. The van der Waals surface area contributed by atoms with Crippen LogP contribution in [0.15, 0.2) is 48.9 Å². The van der Waals surface area contributed by atoms with Crippen molar-refractivity contribution in [1.82, 2.24) is 9.97 Å². The van der Waals surface area contributed by atoms with E-state index in [2.05, 4.69) is 15.3 Å². The van der Waals surface area contributed by atoms with E-state index in [9.17, 15) is 4.79 Å². The fourth-order valence-corrected chi connectivity index (χ4v) is 2.29. The highest BCUT2D eigenvalue weighted by Crippen LogP contribution is 2.21. The van der Waals surface area contributed by atoms with Crippen LogP contribution in [-0.2, 0) is 11.2 Å². The molecular weight excluding hydrogens is 274 g/mol. The molecule has 2 heterocycles. The van der Waals surface area contributed by atoms with E-state index in [1.165, 1.54) is 6.20 Å². The molecule has 0 aliphatic carbocycles. The molecule has 2 aromatic heterocycles. The fourth-order valence-electron chi connectivity index (χ4n) is 2.12. The Morgan fingerprint density at radius 2 is 2.15 bits per heavy atom. The van der Waals surface area contributed by atoms with Crippen LogP contribution in [-0.4, -0.2) is 15.9 Å². The van der Waals surface area contributed by atoms with Gasteiger partial charge in [-0.1, -0.05) is 29.8 Å². The summed E-state index contributed by atoms with van der Waals surface area (Å²) >= 11 is 5.96. The zero-order valence-electron chi connectivity index (χ0n) is 10.6. The van der Waals surface area contributed by atoms with Gasteiger partial charge in [0, 0.05) is 29.5 Å². The molecule has 100 valence electrons. The molecule has 20 heavy (non-hydrogen) atoms. The number of para-hydroxylation sites is 1. The molecule has 0 aliphatic rings. The summed E-state index contributed by atoms with van der Waals surface area (Å²) in [7, 11) is 0. The number of rotatable bonds is 3. The average molecular weight is 286 g/mol. The van der Waals surface area contributed by atoms with E-state index in [1.54, 1.807) is 12.3 Å². The Bertz CT molecular complexity index is 766. The van der Waals surface area contributed by atoms with Crippen LogP contribution in [0, 0.1) is 0 Å². The number of nitrogens with one attached hydrogen (secondary N) is 2. The van der Waals surface area contributed by atoms with Gasteiger partial charge in [0.25, 0.3) is 0 Å². The predicted molar refractivity (Wildman–Crippen MR) is 79.9 cm³/mol. The number of fused-ring (bicyclic) bond motifs is 1. The summed E-state index contributed by atoms with van der Waals surface area (Å²) < 4.78 is 0. The summed E-state index contributed by atoms with van der Waals surface area (Å²) in [5.74, 6) is -0.108. The van der Waals surface area contributed by atoms with Crippen LogP contribution in [0.25, 0.3) is 10.9 Å². The van der Waals surface area contributed by atoms with Crippen LogP contribution in [0.3, 0.4) is 0 Å². The van der Waals surface area contributed by atoms with E-state index < -0.39 is 0 Å². The number of hydrogen-bond donors (Lipinski definition) is 2. The molecule has 3 aromatic rings. The van der Waals surface area contributed by atoms with Crippen LogP contribution in [0.2, 0.25) is 5.02 Å². The summed E-state index contributed by atoms with van der Waals surface area (Å²) in [4.78, 5) is 19.1. The second-order valence-electron chi connectivity index (χ2n) is 4.44. The number of anilines is 1. The van der Waals surface area contributed by atoms with Crippen LogP contribution >= 0.6 is 11.6 Å². The summed E-state index contributed by atoms with van der Waals surface area (Å²) in [5, 5.41) is 4.28. The first-order chi connectivity index (χ1) is 9.74. The first-order valence-electron chi connectivity index (χ1n) is 6.18. The van der Waals surface area contributed by atoms with Gasteiger partial charge in [0.15, 0.2) is 0 Å². The van der Waals surface area contributed by atoms with Gasteiger partial charge in [-0.3, -0.25) is 9.78 Å². The number of H-pyrrole nitrogens is 1. The van der Waals surface area contributed by atoms with Crippen molar-refractivity contribution < 1.29 is 4.79 Å². The van der Waals surface area contributed by atoms with Gasteiger partial charge in [0.05, 0.1) is 17.1 Å². The van der Waals surface area contributed by atoms with E-state index >= 15 is 0 Å². The standard InChI is InChI=1S/C15H12ClN3O/c16-12-9-17-6-5-14(12)19-15(20)7-10-8-18-13-4-2-1-3-11(10)13/h1-6,8-9,18H,7H2,(H,17,19,20). The van der Waals surface area contributed by atoms with Crippen molar-refractivity contribution in [3.63, 3.8) is 0 Å². The zero-order chi connectivity index (χ0) is 13.9. The number of benzene rings is 1. The van der Waals surface area contributed by atoms with E-state index in [-0.39, 0.29) is 5.91 Å². The molecule has 0 saturated carbocycles. The van der Waals surface area contributed by atoms with E-state index in [4.69, 9.17) is 11.6 Å². The lowest BCUT2D eigenvalue weighted by Crippen LogP contribution is -2.14. The quantitative estimate of drug-likeness (QED) is 0.775. The van der Waals surface area contributed by atoms with Crippen LogP contribution in [0.5, 0.6) is 0 Å². The van der Waals surface area contributed by atoms with Crippen LogP contribution in [0.1, 0.15) is 5.56 Å². The molecule has 0 fully saturated rings. The van der Waals surface area contributed by atoms with Gasteiger partial charge in [-0.15, -0.1) is 0 Å². The van der Waals surface area contributed by atoms with Gasteiger partial charge in [-0.2, -0.15) is 0 Å². The second kappa shape index (κ2) is 5.35. The maximum atomic E-state index is 12.1. The van der Waals surface area contributed by atoms with Gasteiger partial charge in [0.2, 0.25) is 5.91 Å². The Labute approximate surface area is 120 Å². The summed E-state index contributed by atoms with van der Waals surface area (Å²) in [6.45, 7) is 0. The maximum absolute atomic E-state index is 12.1. The Morgan fingerprint density at radius 3 is 3.00 bits per heavy atom. The average Bonchev–Trinajstić information content (AvgIpc) is 2.85. The Morgan fingerprint density at radius 1 is 1.30 bits per heavy atom. The third kappa shape index (κ3) is 2.51. The molecule has 0 aliphatic heterocycles. The van der Waals surface area contributed by atoms with Crippen molar-refractivity contribution in [2.75, 3.05) is 5.32 Å². The molecule has 2 N–H and O–H groups in total. The molecule has 0 unspecified atom stereocenters. The highest BCUT2D eigenvalue weighted by Gasteiger charge is 2.10. The number of pyridine rings is 1. The Balaban J connectivity index is 1.78. The largest absolute Gasteiger partial charge is 0.361 e. The zero-order valence-corrected chi connectivity index (χ0v) is 11.3. The number of nitrogens with zero attached hydrogens (tertiary/aromatic N) is 1. The number of aromatic nitrogens is 2. The SMILES string of the molecule is O=C(Cc1c[nH]c2ccccc12)Nc1ccncc1Cl. The molecule has 0 saturated heterocycles. The van der Waals surface area contributed by atoms with Gasteiger partial charge < -0.3 is 10.3 Å². The molecular formula is C15H12ClN3O. The third-order valence-corrected chi connectivity index (χ3v) is 3.37. The molecule has 1 amide bonds. The number of carbonyl (C=O) groups is 1. The first-order valence-corrected chi connectivity index (χ1v) is 6.56. The van der Waals surface area contributed by atoms with Gasteiger partial charge in [-0.05, 0) is 17.7 Å². The van der Waals surface area contributed by atoms with Crippen molar-refractivity contribution in [1.29, 1.82) is 0 Å². The molecule has 1 aromatic carbocycles. The minimum atomic E-state index is -0.108. The van der Waals surface area contributed by atoms with Crippen LogP contribution < -0.4 is 5.32 Å². The Kier molecular flexibility index (Phi) is 3.39. The highest BCUT2D eigenvalue weighted by atomic mass is 35.5. The summed E-state index contributed by atoms with van der Waals surface area (Å²) in [5.41, 5.74) is 2.56. The molecule has 4 nitrogen and oxygen atoms in total. The number of carbonyl (C=O) groups excluding carboxylic acids is 1. The van der Waals surface area contributed by atoms with Crippen molar-refractivity contribution in [3.8, 4) is 0 Å². The van der Waals surface area contributed by atoms with E-state index in [0.29, 0.717) is 17.1 Å². The van der Waals surface area contributed by atoms with Crippen molar-refractivity contribution in [2.45, 2.75) is 6.42 Å². The number of aromatic amines is 1. The minimum absolute atomic E-state index is 0.108. The van der Waals surface area contributed by atoms with Crippen LogP contribution in [0.4, 0.5) is 5.69 Å². The molecule has 5 heteroatoms. The van der Waals surface area contributed by atoms with Crippen molar-refractivity contribution in [2.24, 2.45) is 0 Å². The van der Waals surface area contributed by atoms with Crippen molar-refractivity contribution in [3.05, 3.63) is 59.5 Å². The normalized spacial score (nSPS) is 10.7. The monoisotopic (exact) mass is 285 g/mol. The molecule has 0 spiro atoms. The first kappa shape index (κ1) is 12.7. The number of amides is 1. The summed E-state index contributed by atoms with van der Waals surface area (Å²) in [6, 6.07) is 9.57. The number of halogens is 1. The minimum Gasteiger partial charge on any atom is -0.361 e. The lowest BCUT2D eigenvalue weighted by atomic mass is 10.1. The number of hydrogen-bond acceptors (Lipinski definition) is 2. The van der Waals surface area contributed by atoms with Gasteiger partial charge in [-0.25, -0.2) is 0 Å². The molecule has 0 bridgehead atoms. The predicted octanol–water partition coefficient (Wildman–Crippen LogP) is 3.40. The fraction of sp³-hybridized carbons (Fsp3) is 0.0667. The third-order valence-electron chi connectivity index (χ3n) is 3.07. The highest BCUT2D eigenvalue weighted by molar-refractivity contribution is 6.33. The second-order valence-corrected chi connectivity index (χ2v) is 4.85. The lowest BCUT2D eigenvalue weighted by Gasteiger charge is -2.06. The van der Waals surface area contributed by atoms with E-state index in [0.717, 1.165) is 16.5 Å². The molecule has 0 radical (unpaired) electrons. The van der Waals surface area contributed by atoms with Gasteiger partial charge in [0.1, 0.15) is 0 Å². The maximum Gasteiger partial charge on any atom is 0.228 e.